The zero-order valence-electron chi connectivity index (χ0n) is 10.0. The first kappa shape index (κ1) is 11.0. The van der Waals surface area contributed by atoms with E-state index in [2.05, 4.69) is 16.0 Å². The molecule has 0 bridgehead atoms. The van der Waals surface area contributed by atoms with Crippen LogP contribution in [-0.4, -0.2) is 41.5 Å². The van der Waals surface area contributed by atoms with E-state index < -0.39 is 0 Å². The molecule has 0 spiro atoms. The molecule has 0 N–H and O–H groups in total. The van der Waals surface area contributed by atoms with Gasteiger partial charge in [-0.15, -0.1) is 0 Å². The van der Waals surface area contributed by atoms with Crippen LogP contribution in [0, 0.1) is 11.3 Å². The molecule has 3 heterocycles. The van der Waals surface area contributed by atoms with Gasteiger partial charge >= 0.3 is 0 Å². The molecule has 5 nitrogen and oxygen atoms in total. The van der Waals surface area contributed by atoms with Gasteiger partial charge in [-0.2, -0.15) is 5.26 Å². The van der Waals surface area contributed by atoms with Gasteiger partial charge in [0.15, 0.2) is 0 Å². The van der Waals surface area contributed by atoms with Gasteiger partial charge in [-0.25, -0.2) is 4.98 Å². The van der Waals surface area contributed by atoms with E-state index in [-0.39, 0.29) is 5.91 Å². The summed E-state index contributed by atoms with van der Waals surface area (Å²) in [6.45, 7) is 2.46. The summed E-state index contributed by atoms with van der Waals surface area (Å²) >= 11 is 0. The maximum Gasteiger partial charge on any atom is 0.223 e. The first-order valence-corrected chi connectivity index (χ1v) is 6.18. The van der Waals surface area contributed by atoms with Crippen molar-refractivity contribution in [3.8, 4) is 6.07 Å². The van der Waals surface area contributed by atoms with Crippen LogP contribution >= 0.6 is 0 Å². The SMILES string of the molecule is N#Cc1ccc(N2CCN3C(=O)CC[C@H]3C2)nc1. The molecule has 92 valence electrons. The number of anilines is 1. The van der Waals surface area contributed by atoms with Gasteiger partial charge in [0.05, 0.1) is 5.56 Å². The maximum atomic E-state index is 11.6. The van der Waals surface area contributed by atoms with Crippen LogP contribution in [0.3, 0.4) is 0 Å². The molecule has 1 atom stereocenters. The number of aromatic nitrogens is 1. The third-order valence-corrected chi connectivity index (χ3v) is 3.70. The lowest BCUT2D eigenvalue weighted by atomic mass is 10.1. The van der Waals surface area contributed by atoms with E-state index in [1.54, 1.807) is 12.3 Å². The first-order chi connectivity index (χ1) is 8.78. The highest BCUT2D eigenvalue weighted by molar-refractivity contribution is 5.79. The Balaban J connectivity index is 1.74. The minimum atomic E-state index is 0.285. The van der Waals surface area contributed by atoms with E-state index in [9.17, 15) is 4.79 Å². The van der Waals surface area contributed by atoms with Crippen LogP contribution in [0.1, 0.15) is 18.4 Å². The summed E-state index contributed by atoms with van der Waals surface area (Å²) in [6, 6.07) is 6.07. The van der Waals surface area contributed by atoms with E-state index in [0.717, 1.165) is 31.9 Å². The number of hydrogen-bond donors (Lipinski definition) is 0. The molecule has 0 saturated carbocycles. The lowest BCUT2D eigenvalue weighted by Crippen LogP contribution is -2.51. The summed E-state index contributed by atoms with van der Waals surface area (Å²) in [5.74, 6) is 1.18. The van der Waals surface area contributed by atoms with Crippen LogP contribution in [-0.2, 0) is 4.79 Å². The minimum absolute atomic E-state index is 0.285. The number of rotatable bonds is 1. The van der Waals surface area contributed by atoms with E-state index >= 15 is 0 Å². The number of fused-ring (bicyclic) bond motifs is 1. The van der Waals surface area contributed by atoms with Gasteiger partial charge in [0.1, 0.15) is 11.9 Å². The normalized spacial score (nSPS) is 22.8. The average Bonchev–Trinajstić information content (AvgIpc) is 2.80. The van der Waals surface area contributed by atoms with Gasteiger partial charge < -0.3 is 9.80 Å². The fourth-order valence-electron chi connectivity index (χ4n) is 2.71. The van der Waals surface area contributed by atoms with Crippen molar-refractivity contribution in [1.29, 1.82) is 5.26 Å². The molecule has 2 saturated heterocycles. The zero-order chi connectivity index (χ0) is 12.5. The number of hydrogen-bond acceptors (Lipinski definition) is 4. The molecular weight excluding hydrogens is 228 g/mol. The highest BCUT2D eigenvalue weighted by atomic mass is 16.2. The Bertz CT molecular complexity index is 505. The quantitative estimate of drug-likeness (QED) is 0.729. The fraction of sp³-hybridized carbons (Fsp3) is 0.462. The van der Waals surface area contributed by atoms with Crippen molar-refractivity contribution in [2.75, 3.05) is 24.5 Å². The van der Waals surface area contributed by atoms with Gasteiger partial charge in [-0.05, 0) is 18.6 Å². The van der Waals surface area contributed by atoms with Crippen molar-refractivity contribution in [1.82, 2.24) is 9.88 Å². The number of amides is 1. The fourth-order valence-corrected chi connectivity index (χ4v) is 2.71. The van der Waals surface area contributed by atoms with Crippen LogP contribution in [0.25, 0.3) is 0 Å². The van der Waals surface area contributed by atoms with Crippen molar-refractivity contribution in [3.05, 3.63) is 23.9 Å². The Hall–Kier alpha value is -2.09. The Labute approximate surface area is 106 Å². The second kappa shape index (κ2) is 4.30. The number of carbonyl (C=O) groups excluding carboxylic acids is 1. The topological polar surface area (TPSA) is 60.2 Å². The van der Waals surface area contributed by atoms with Crippen molar-refractivity contribution >= 4 is 11.7 Å². The third-order valence-electron chi connectivity index (χ3n) is 3.70. The Kier molecular flexibility index (Phi) is 2.63. The summed E-state index contributed by atoms with van der Waals surface area (Å²) in [5, 5.41) is 8.74. The van der Waals surface area contributed by atoms with Gasteiger partial charge in [0.25, 0.3) is 0 Å². The van der Waals surface area contributed by atoms with E-state index in [0.29, 0.717) is 18.0 Å². The molecule has 1 aromatic heterocycles. The molecule has 3 rings (SSSR count). The lowest BCUT2D eigenvalue weighted by Gasteiger charge is -2.38. The summed E-state index contributed by atoms with van der Waals surface area (Å²) in [4.78, 5) is 20.1. The second-order valence-corrected chi connectivity index (χ2v) is 4.74. The van der Waals surface area contributed by atoms with Crippen molar-refractivity contribution in [2.45, 2.75) is 18.9 Å². The van der Waals surface area contributed by atoms with Crippen LogP contribution < -0.4 is 4.90 Å². The van der Waals surface area contributed by atoms with Crippen LogP contribution in [0.2, 0.25) is 0 Å². The molecule has 2 aliphatic heterocycles. The largest absolute Gasteiger partial charge is 0.353 e. The molecule has 2 aliphatic rings. The molecule has 1 amide bonds. The predicted molar refractivity (Wildman–Crippen MR) is 65.9 cm³/mol. The molecule has 0 aliphatic carbocycles. The second-order valence-electron chi connectivity index (χ2n) is 4.74. The molecule has 0 aromatic carbocycles. The Morgan fingerprint density at radius 3 is 3.00 bits per heavy atom. The van der Waals surface area contributed by atoms with Gasteiger partial charge in [-0.3, -0.25) is 4.79 Å². The van der Waals surface area contributed by atoms with Gasteiger partial charge in [0.2, 0.25) is 5.91 Å². The summed E-state index contributed by atoms with van der Waals surface area (Å²) in [7, 11) is 0. The van der Waals surface area contributed by atoms with Crippen molar-refractivity contribution < 1.29 is 4.79 Å². The third kappa shape index (κ3) is 1.80. The smallest absolute Gasteiger partial charge is 0.223 e. The number of piperazine rings is 1. The maximum absolute atomic E-state index is 11.6. The first-order valence-electron chi connectivity index (χ1n) is 6.18. The van der Waals surface area contributed by atoms with Crippen LogP contribution in [0.5, 0.6) is 0 Å². The van der Waals surface area contributed by atoms with Gasteiger partial charge in [-0.1, -0.05) is 0 Å². The highest BCUT2D eigenvalue weighted by Crippen LogP contribution is 2.25. The average molecular weight is 242 g/mol. The lowest BCUT2D eigenvalue weighted by molar-refractivity contribution is -0.129. The standard InChI is InChI=1S/C13H14N4O/c14-7-10-1-3-12(15-8-10)16-5-6-17-11(9-16)2-4-13(17)18/h1,3,8,11H,2,4-6,9H2/t11-/m0/s1. The number of carbonyl (C=O) groups is 1. The Morgan fingerprint density at radius 1 is 1.39 bits per heavy atom. The molecule has 1 aromatic rings. The summed E-state index contributed by atoms with van der Waals surface area (Å²) in [6.07, 6.45) is 3.23. The number of nitrogens with zero attached hydrogens (tertiary/aromatic N) is 4. The van der Waals surface area contributed by atoms with Crippen molar-refractivity contribution in [2.24, 2.45) is 0 Å². The molecule has 0 unspecified atom stereocenters. The predicted octanol–water partition coefficient (Wildman–Crippen LogP) is 0.764. The molecule has 18 heavy (non-hydrogen) atoms. The molecular formula is C13H14N4O. The van der Waals surface area contributed by atoms with E-state index in [1.165, 1.54) is 0 Å². The highest BCUT2D eigenvalue weighted by Gasteiger charge is 2.35. The molecule has 5 heteroatoms. The Morgan fingerprint density at radius 2 is 2.28 bits per heavy atom. The number of pyridine rings is 1. The van der Waals surface area contributed by atoms with Gasteiger partial charge in [0, 0.05) is 38.3 Å². The summed E-state index contributed by atoms with van der Waals surface area (Å²) in [5.41, 5.74) is 0.577. The molecule has 0 radical (unpaired) electrons. The zero-order valence-corrected chi connectivity index (χ0v) is 10.0. The van der Waals surface area contributed by atoms with Crippen molar-refractivity contribution in [3.63, 3.8) is 0 Å². The minimum Gasteiger partial charge on any atom is -0.353 e. The summed E-state index contributed by atoms with van der Waals surface area (Å²) < 4.78 is 0. The van der Waals surface area contributed by atoms with E-state index in [1.807, 2.05) is 11.0 Å². The van der Waals surface area contributed by atoms with Crippen LogP contribution in [0.15, 0.2) is 18.3 Å². The molecule has 2 fully saturated rings. The van der Waals surface area contributed by atoms with Crippen LogP contribution in [0.4, 0.5) is 5.82 Å². The monoisotopic (exact) mass is 242 g/mol. The number of nitriles is 1. The van der Waals surface area contributed by atoms with E-state index in [4.69, 9.17) is 5.26 Å².